The number of hydrogen-bond acceptors (Lipinski definition) is 9. The van der Waals surface area contributed by atoms with Gasteiger partial charge in [0.25, 0.3) is 0 Å². The van der Waals surface area contributed by atoms with Crippen LogP contribution in [0.15, 0.2) is 161 Å². The third-order valence-corrected chi connectivity index (χ3v) is 12.9. The van der Waals surface area contributed by atoms with Crippen LogP contribution in [0.1, 0.15) is 29.5 Å². The summed E-state index contributed by atoms with van der Waals surface area (Å²) in [5.41, 5.74) is 4.67. The molecule has 1 N–H and O–H groups in total. The predicted octanol–water partition coefficient (Wildman–Crippen LogP) is 9.46. The van der Waals surface area contributed by atoms with Crippen molar-refractivity contribution in [2.75, 3.05) is 31.0 Å². The number of nitrogens with zero attached hydrogens (tertiary/aromatic N) is 4. The van der Waals surface area contributed by atoms with Gasteiger partial charge in [0, 0.05) is 37.2 Å². The first-order valence-corrected chi connectivity index (χ1v) is 20.4. The van der Waals surface area contributed by atoms with E-state index in [4.69, 9.17) is 4.74 Å². The zero-order valence-corrected chi connectivity index (χ0v) is 34.0. The van der Waals surface area contributed by atoms with Crippen molar-refractivity contribution in [1.29, 1.82) is 0 Å². The van der Waals surface area contributed by atoms with E-state index in [1.807, 2.05) is 122 Å². The van der Waals surface area contributed by atoms with Gasteiger partial charge in [-0.05, 0) is 102 Å². The van der Waals surface area contributed by atoms with Crippen molar-refractivity contribution in [2.24, 2.45) is 39.8 Å². The summed E-state index contributed by atoms with van der Waals surface area (Å²) in [6.07, 6.45) is 7.89. The Kier molecular flexibility index (Phi) is 10.1. The molecule has 61 heavy (non-hydrogen) atoms. The van der Waals surface area contributed by atoms with Crippen molar-refractivity contribution < 1.29 is 29.0 Å². The van der Waals surface area contributed by atoms with E-state index in [0.717, 1.165) is 11.3 Å². The molecular formula is C51H44N4O6. The molecular weight excluding hydrogens is 765 g/mol. The summed E-state index contributed by atoms with van der Waals surface area (Å²) in [7, 11) is 5.41. The van der Waals surface area contributed by atoms with Crippen LogP contribution in [0, 0.1) is 29.6 Å². The highest BCUT2D eigenvalue weighted by Gasteiger charge is 2.65. The molecule has 10 heteroatoms. The molecule has 5 aromatic rings. The van der Waals surface area contributed by atoms with Gasteiger partial charge in [-0.3, -0.25) is 24.1 Å². The second-order valence-electron chi connectivity index (χ2n) is 16.3. The van der Waals surface area contributed by atoms with Crippen LogP contribution in [-0.2, 0) is 24.6 Å². The minimum Gasteiger partial charge on any atom is -0.504 e. The maximum atomic E-state index is 15.2. The Morgan fingerprint density at radius 1 is 0.787 bits per heavy atom. The van der Waals surface area contributed by atoms with Crippen molar-refractivity contribution in [1.82, 2.24) is 0 Å². The molecule has 5 aromatic carbocycles. The number of Topliss-reactive ketones (excluding diaryl/α,β-unsaturated/α-hetero) is 1. The fraction of sp³-hybridized carbons (Fsp3) is 0.216. The molecule has 0 radical (unpaired) electrons. The van der Waals surface area contributed by atoms with E-state index in [1.54, 1.807) is 42.5 Å². The molecule has 0 bridgehead atoms. The number of phenolic OH excluding ortho intramolecular Hbond substituents is 1. The first-order chi connectivity index (χ1) is 29.6. The van der Waals surface area contributed by atoms with Crippen molar-refractivity contribution in [2.45, 2.75) is 18.3 Å². The normalized spacial score (nSPS) is 24.6. The van der Waals surface area contributed by atoms with Gasteiger partial charge in [-0.15, -0.1) is 0 Å². The number of fused-ring (bicyclic) bond motifs is 4. The summed E-state index contributed by atoms with van der Waals surface area (Å²) in [5.74, 6) is -4.11. The minimum atomic E-state index is -1.34. The van der Waals surface area contributed by atoms with Gasteiger partial charge in [-0.2, -0.15) is 10.2 Å². The van der Waals surface area contributed by atoms with Gasteiger partial charge in [-0.25, -0.2) is 0 Å². The number of phenols is 1. The molecule has 1 saturated heterocycles. The summed E-state index contributed by atoms with van der Waals surface area (Å²) < 4.78 is 5.40. The number of anilines is 2. The lowest BCUT2D eigenvalue weighted by Crippen LogP contribution is -2.59. The molecule has 1 saturated carbocycles. The Labute approximate surface area is 354 Å². The van der Waals surface area contributed by atoms with Crippen molar-refractivity contribution >= 4 is 57.8 Å². The van der Waals surface area contributed by atoms with E-state index in [2.05, 4.69) is 10.2 Å². The number of methoxy groups -OCH3 is 1. The largest absolute Gasteiger partial charge is 0.504 e. The lowest BCUT2D eigenvalue weighted by molar-refractivity contribution is -0.135. The molecule has 2 amide bonds. The number of ketones is 2. The number of imide groups is 1. The van der Waals surface area contributed by atoms with Crippen LogP contribution >= 0.6 is 0 Å². The number of rotatable bonds is 9. The fourth-order valence-electron chi connectivity index (χ4n) is 9.98. The van der Waals surface area contributed by atoms with Gasteiger partial charge >= 0.3 is 0 Å². The monoisotopic (exact) mass is 808 g/mol. The molecule has 0 spiro atoms. The zero-order chi connectivity index (χ0) is 42.4. The average Bonchev–Trinajstić information content (AvgIpc) is 3.55. The molecule has 6 atom stereocenters. The van der Waals surface area contributed by atoms with Crippen molar-refractivity contribution in [3.8, 4) is 11.5 Å². The predicted molar refractivity (Wildman–Crippen MR) is 235 cm³/mol. The molecule has 0 aromatic heterocycles. The number of amides is 2. The van der Waals surface area contributed by atoms with Crippen LogP contribution < -0.4 is 14.5 Å². The molecule has 9 rings (SSSR count). The average molecular weight is 809 g/mol. The SMILES string of the molecule is COc1cc(C=C[C@H]2C3=CC[C@@H]4C(=O)N(c5ccc(N=Nc6ccc(N(C)C)cc6)cc5)C(=O)[C@@H]4[C@@H]3C[C@H]3C(=O)C(c4ccccc4)=CC(=O)[C@@]23c2ccccc2)ccc1O. The number of allylic oxidation sites excluding steroid dienone is 5. The lowest BCUT2D eigenvalue weighted by Gasteiger charge is -2.54. The maximum Gasteiger partial charge on any atom is 0.238 e. The van der Waals surface area contributed by atoms with Crippen LogP contribution in [-0.4, -0.2) is 49.7 Å². The Hall–Kier alpha value is -7.20. The fourth-order valence-corrected chi connectivity index (χ4v) is 9.98. The number of ether oxygens (including phenoxy) is 1. The molecule has 4 aliphatic rings. The van der Waals surface area contributed by atoms with E-state index in [9.17, 15) is 14.7 Å². The van der Waals surface area contributed by atoms with Crippen LogP contribution in [0.25, 0.3) is 11.6 Å². The number of azo groups is 1. The second-order valence-corrected chi connectivity index (χ2v) is 16.3. The Morgan fingerprint density at radius 2 is 1.44 bits per heavy atom. The highest BCUT2D eigenvalue weighted by atomic mass is 16.5. The quantitative estimate of drug-likeness (QED) is 0.0893. The van der Waals surface area contributed by atoms with E-state index in [1.165, 1.54) is 18.1 Å². The van der Waals surface area contributed by atoms with Gasteiger partial charge in [0.2, 0.25) is 11.8 Å². The van der Waals surface area contributed by atoms with Gasteiger partial charge in [0.05, 0.1) is 41.4 Å². The van der Waals surface area contributed by atoms with Gasteiger partial charge < -0.3 is 14.7 Å². The summed E-state index contributed by atoms with van der Waals surface area (Å²) in [6, 6.07) is 38.3. The summed E-state index contributed by atoms with van der Waals surface area (Å²) in [5, 5.41) is 19.1. The third kappa shape index (κ3) is 6.68. The van der Waals surface area contributed by atoms with Gasteiger partial charge in [0.1, 0.15) is 0 Å². The van der Waals surface area contributed by atoms with Crippen molar-refractivity contribution in [3.05, 3.63) is 168 Å². The molecule has 0 unspecified atom stereocenters. The van der Waals surface area contributed by atoms with E-state index < -0.39 is 35.0 Å². The van der Waals surface area contributed by atoms with E-state index in [0.29, 0.717) is 51.5 Å². The van der Waals surface area contributed by atoms with Crippen LogP contribution in [0.4, 0.5) is 22.7 Å². The van der Waals surface area contributed by atoms with Crippen LogP contribution in [0.2, 0.25) is 0 Å². The Balaban J connectivity index is 1.11. The molecule has 304 valence electrons. The molecule has 1 aliphatic heterocycles. The minimum absolute atomic E-state index is 0.00939. The number of carbonyl (C=O) groups is 4. The standard InChI is InChI=1S/C51H44N4O6/c1-54(2)36-20-16-34(17-21-36)52-53-35-18-22-37(23-19-35)55-49(59)39-25-24-38-41(47(39)50(55)60)29-43-48(58)40(32-10-6-4-7-11-32)30-46(57)51(43,33-12-8-5-9-13-33)42(38)26-14-31-15-27-44(56)45(28-31)61-3/h4-24,26-28,30,39,41-43,47,56H,25,29H2,1-3H3/t39-,41+,42-,43-,47-,51-/m0/s1. The maximum absolute atomic E-state index is 15.2. The molecule has 3 aliphatic carbocycles. The number of benzene rings is 5. The summed E-state index contributed by atoms with van der Waals surface area (Å²) >= 11 is 0. The summed E-state index contributed by atoms with van der Waals surface area (Å²) in [4.78, 5) is 62.8. The number of aromatic hydroxyl groups is 1. The summed E-state index contributed by atoms with van der Waals surface area (Å²) in [6.45, 7) is 0. The van der Waals surface area contributed by atoms with Crippen LogP contribution in [0.3, 0.4) is 0 Å². The zero-order valence-electron chi connectivity index (χ0n) is 34.0. The second kappa shape index (κ2) is 15.8. The molecule has 10 nitrogen and oxygen atoms in total. The van der Waals surface area contributed by atoms with Gasteiger partial charge in [-0.1, -0.05) is 90.5 Å². The number of carbonyl (C=O) groups excluding carboxylic acids is 4. The van der Waals surface area contributed by atoms with E-state index in [-0.39, 0.29) is 35.6 Å². The van der Waals surface area contributed by atoms with Gasteiger partial charge in [0.15, 0.2) is 23.1 Å². The van der Waals surface area contributed by atoms with Crippen molar-refractivity contribution in [3.63, 3.8) is 0 Å². The number of hydrogen-bond donors (Lipinski definition) is 1. The highest BCUT2D eigenvalue weighted by Crippen LogP contribution is 2.61. The Morgan fingerprint density at radius 3 is 2.10 bits per heavy atom. The molecule has 2 fully saturated rings. The highest BCUT2D eigenvalue weighted by molar-refractivity contribution is 6.31. The third-order valence-electron chi connectivity index (χ3n) is 12.9. The van der Waals surface area contributed by atoms with E-state index >= 15 is 9.59 Å². The Bertz CT molecular complexity index is 2670. The first-order valence-electron chi connectivity index (χ1n) is 20.4. The topological polar surface area (TPSA) is 129 Å². The lowest BCUT2D eigenvalue weighted by atomic mass is 9.45. The smallest absolute Gasteiger partial charge is 0.238 e. The molecule has 1 heterocycles. The van der Waals surface area contributed by atoms with Crippen LogP contribution in [0.5, 0.6) is 11.5 Å². The first kappa shape index (κ1) is 39.3.